The number of methoxy groups -OCH3 is 2. The predicted molar refractivity (Wildman–Crippen MR) is 115 cm³/mol. The van der Waals surface area contributed by atoms with Gasteiger partial charge in [-0.15, -0.1) is 0 Å². The van der Waals surface area contributed by atoms with Gasteiger partial charge in [-0.2, -0.15) is 0 Å². The molecule has 0 unspecified atom stereocenters. The SMILES string of the molecule is CCNC(=O)[C@@H]1Cc2ccc(OC)cc2N2CCN(c3ccccc3OC)C[C@@H]12. The van der Waals surface area contributed by atoms with Crippen molar-refractivity contribution in [2.75, 3.05) is 50.2 Å². The van der Waals surface area contributed by atoms with E-state index in [0.29, 0.717) is 6.54 Å². The summed E-state index contributed by atoms with van der Waals surface area (Å²) in [4.78, 5) is 17.7. The van der Waals surface area contributed by atoms with Gasteiger partial charge in [0, 0.05) is 37.9 Å². The first-order chi connectivity index (χ1) is 14.2. The van der Waals surface area contributed by atoms with Crippen LogP contribution in [0.5, 0.6) is 11.5 Å². The Morgan fingerprint density at radius 1 is 1.10 bits per heavy atom. The molecular formula is C23H29N3O3. The standard InChI is InChI=1S/C23H29N3O3/c1-4-24-23(27)18-13-16-9-10-17(28-2)14-20(16)26-12-11-25(15-21(18)26)19-7-5-6-8-22(19)29-3/h5-10,14,18,21H,4,11-13,15H2,1-3H3,(H,24,27)/t18-,21+/m1/s1. The van der Waals surface area contributed by atoms with E-state index in [0.717, 1.165) is 43.2 Å². The van der Waals surface area contributed by atoms with Crippen LogP contribution in [0.4, 0.5) is 11.4 Å². The second-order valence-corrected chi connectivity index (χ2v) is 7.58. The van der Waals surface area contributed by atoms with Crippen molar-refractivity contribution in [2.24, 2.45) is 5.92 Å². The average molecular weight is 396 g/mol. The first kappa shape index (κ1) is 19.4. The van der Waals surface area contributed by atoms with Gasteiger partial charge in [0.2, 0.25) is 5.91 Å². The molecule has 6 heteroatoms. The maximum atomic E-state index is 12.9. The highest BCUT2D eigenvalue weighted by Crippen LogP contribution is 2.40. The zero-order chi connectivity index (χ0) is 20.4. The minimum Gasteiger partial charge on any atom is -0.497 e. The van der Waals surface area contributed by atoms with Gasteiger partial charge in [0.05, 0.1) is 31.9 Å². The number of hydrogen-bond donors (Lipinski definition) is 1. The van der Waals surface area contributed by atoms with E-state index in [1.165, 1.54) is 11.3 Å². The van der Waals surface area contributed by atoms with Crippen LogP contribution in [0.25, 0.3) is 0 Å². The van der Waals surface area contributed by atoms with Gasteiger partial charge in [-0.3, -0.25) is 4.79 Å². The number of piperazine rings is 1. The van der Waals surface area contributed by atoms with Gasteiger partial charge in [0.15, 0.2) is 0 Å². The number of nitrogens with zero attached hydrogens (tertiary/aromatic N) is 2. The highest BCUT2D eigenvalue weighted by molar-refractivity contribution is 5.82. The van der Waals surface area contributed by atoms with Crippen LogP contribution >= 0.6 is 0 Å². The Bertz CT molecular complexity index is 885. The van der Waals surface area contributed by atoms with Crippen LogP contribution in [-0.4, -0.2) is 52.3 Å². The van der Waals surface area contributed by atoms with Crippen molar-refractivity contribution in [1.82, 2.24) is 5.32 Å². The fraction of sp³-hybridized carbons (Fsp3) is 0.435. The summed E-state index contributed by atoms with van der Waals surface area (Å²) in [5, 5.41) is 3.05. The fourth-order valence-corrected chi connectivity index (χ4v) is 4.62. The molecule has 1 amide bonds. The van der Waals surface area contributed by atoms with Crippen LogP contribution < -0.4 is 24.6 Å². The number of nitrogens with one attached hydrogen (secondary N) is 1. The number of anilines is 2. The van der Waals surface area contributed by atoms with Crippen LogP contribution in [0.2, 0.25) is 0 Å². The molecule has 0 aliphatic carbocycles. The van der Waals surface area contributed by atoms with Gasteiger partial charge >= 0.3 is 0 Å². The lowest BCUT2D eigenvalue weighted by atomic mass is 9.83. The third-order valence-corrected chi connectivity index (χ3v) is 6.04. The summed E-state index contributed by atoms with van der Waals surface area (Å²) in [7, 11) is 3.40. The van der Waals surface area contributed by atoms with E-state index in [1.54, 1.807) is 14.2 Å². The van der Waals surface area contributed by atoms with Crippen molar-refractivity contribution in [3.05, 3.63) is 48.0 Å². The van der Waals surface area contributed by atoms with E-state index in [1.807, 2.05) is 31.2 Å². The summed E-state index contributed by atoms with van der Waals surface area (Å²) in [6.07, 6.45) is 0.742. The lowest BCUT2D eigenvalue weighted by Gasteiger charge is -2.49. The molecule has 0 bridgehead atoms. The average Bonchev–Trinajstić information content (AvgIpc) is 2.77. The molecule has 4 rings (SSSR count). The molecule has 1 saturated heterocycles. The zero-order valence-electron chi connectivity index (χ0n) is 17.4. The zero-order valence-corrected chi connectivity index (χ0v) is 17.4. The second kappa shape index (κ2) is 8.23. The third kappa shape index (κ3) is 3.59. The van der Waals surface area contributed by atoms with Crippen molar-refractivity contribution in [1.29, 1.82) is 0 Å². The Morgan fingerprint density at radius 3 is 2.69 bits per heavy atom. The summed E-state index contributed by atoms with van der Waals surface area (Å²) >= 11 is 0. The first-order valence-electron chi connectivity index (χ1n) is 10.3. The maximum absolute atomic E-state index is 12.9. The molecule has 2 heterocycles. The van der Waals surface area contributed by atoms with Crippen LogP contribution in [0.3, 0.4) is 0 Å². The summed E-state index contributed by atoms with van der Waals surface area (Å²) in [6, 6.07) is 14.4. The van der Waals surface area contributed by atoms with Gasteiger partial charge < -0.3 is 24.6 Å². The molecule has 2 aromatic rings. The number of carbonyl (C=O) groups is 1. The summed E-state index contributed by atoms with van der Waals surface area (Å²) in [5.41, 5.74) is 3.49. The third-order valence-electron chi connectivity index (χ3n) is 6.04. The smallest absolute Gasteiger partial charge is 0.225 e. The Kier molecular flexibility index (Phi) is 5.51. The fourth-order valence-electron chi connectivity index (χ4n) is 4.62. The molecule has 1 fully saturated rings. The first-order valence-corrected chi connectivity index (χ1v) is 10.3. The lowest BCUT2D eigenvalue weighted by molar-refractivity contribution is -0.125. The van der Waals surface area contributed by atoms with Crippen molar-refractivity contribution in [2.45, 2.75) is 19.4 Å². The van der Waals surface area contributed by atoms with E-state index in [-0.39, 0.29) is 17.9 Å². The number of benzene rings is 2. The molecule has 0 spiro atoms. The van der Waals surface area contributed by atoms with Gasteiger partial charge in [0.1, 0.15) is 11.5 Å². The molecule has 0 aromatic heterocycles. The molecule has 0 radical (unpaired) electrons. The van der Waals surface area contributed by atoms with E-state index in [4.69, 9.17) is 9.47 Å². The number of ether oxygens (including phenoxy) is 2. The molecule has 2 aliphatic heterocycles. The van der Waals surface area contributed by atoms with Gasteiger partial charge in [-0.25, -0.2) is 0 Å². The minimum atomic E-state index is -0.0895. The molecule has 2 aromatic carbocycles. The van der Waals surface area contributed by atoms with Crippen LogP contribution in [0.1, 0.15) is 12.5 Å². The Labute approximate surface area is 172 Å². The minimum absolute atomic E-state index is 0.0895. The Balaban J connectivity index is 1.69. The number of carbonyl (C=O) groups excluding carboxylic acids is 1. The molecule has 6 nitrogen and oxygen atoms in total. The van der Waals surface area contributed by atoms with Crippen LogP contribution in [0.15, 0.2) is 42.5 Å². The number of hydrogen-bond acceptors (Lipinski definition) is 5. The summed E-state index contributed by atoms with van der Waals surface area (Å²) < 4.78 is 11.0. The molecule has 2 aliphatic rings. The van der Waals surface area contributed by atoms with Gasteiger partial charge in [-0.05, 0) is 37.1 Å². The predicted octanol–water partition coefficient (Wildman–Crippen LogP) is 2.71. The maximum Gasteiger partial charge on any atom is 0.225 e. The van der Waals surface area contributed by atoms with E-state index in [9.17, 15) is 4.79 Å². The van der Waals surface area contributed by atoms with E-state index in [2.05, 4.69) is 33.3 Å². The Hall–Kier alpha value is -2.89. The number of amides is 1. The highest BCUT2D eigenvalue weighted by Gasteiger charge is 2.41. The van der Waals surface area contributed by atoms with E-state index < -0.39 is 0 Å². The number of rotatable bonds is 5. The van der Waals surface area contributed by atoms with Crippen LogP contribution in [0, 0.1) is 5.92 Å². The van der Waals surface area contributed by atoms with Crippen molar-refractivity contribution >= 4 is 17.3 Å². The molecule has 29 heavy (non-hydrogen) atoms. The number of para-hydroxylation sites is 2. The van der Waals surface area contributed by atoms with E-state index >= 15 is 0 Å². The van der Waals surface area contributed by atoms with Crippen molar-refractivity contribution < 1.29 is 14.3 Å². The van der Waals surface area contributed by atoms with Crippen molar-refractivity contribution in [3.8, 4) is 11.5 Å². The number of fused-ring (bicyclic) bond motifs is 3. The molecule has 154 valence electrons. The molecule has 2 atom stereocenters. The lowest BCUT2D eigenvalue weighted by Crippen LogP contribution is -2.61. The second-order valence-electron chi connectivity index (χ2n) is 7.58. The largest absolute Gasteiger partial charge is 0.497 e. The van der Waals surface area contributed by atoms with Crippen LogP contribution in [-0.2, 0) is 11.2 Å². The van der Waals surface area contributed by atoms with Gasteiger partial charge in [-0.1, -0.05) is 18.2 Å². The summed E-state index contributed by atoms with van der Waals surface area (Å²) in [5.74, 6) is 1.76. The summed E-state index contributed by atoms with van der Waals surface area (Å²) in [6.45, 7) is 5.11. The molecule has 0 saturated carbocycles. The topological polar surface area (TPSA) is 54.0 Å². The molecular weight excluding hydrogens is 366 g/mol. The molecule has 1 N–H and O–H groups in total. The quantitative estimate of drug-likeness (QED) is 0.844. The normalized spacial score (nSPS) is 20.5. The van der Waals surface area contributed by atoms with Gasteiger partial charge in [0.25, 0.3) is 0 Å². The van der Waals surface area contributed by atoms with Crippen molar-refractivity contribution in [3.63, 3.8) is 0 Å². The monoisotopic (exact) mass is 395 g/mol. The Morgan fingerprint density at radius 2 is 1.93 bits per heavy atom. The highest BCUT2D eigenvalue weighted by atomic mass is 16.5.